The number of carbonyl (C=O) groups excluding carboxylic acids is 1. The third kappa shape index (κ3) is 3.73. The zero-order valence-electron chi connectivity index (χ0n) is 14.2. The van der Waals surface area contributed by atoms with Crippen LogP contribution in [0.1, 0.15) is 26.7 Å². The third-order valence-corrected chi connectivity index (χ3v) is 8.25. The van der Waals surface area contributed by atoms with Crippen molar-refractivity contribution in [1.82, 2.24) is 0 Å². The summed E-state index contributed by atoms with van der Waals surface area (Å²) in [5, 5.41) is 0.972. The Hall–Kier alpha value is -1.05. The number of hydrogen-bond donors (Lipinski definition) is 0. The van der Waals surface area contributed by atoms with Crippen molar-refractivity contribution in [2.24, 2.45) is 10.9 Å². The maximum atomic E-state index is 12.5. The van der Waals surface area contributed by atoms with Gasteiger partial charge in [-0.15, -0.1) is 0 Å². The molecule has 1 aromatic rings. The van der Waals surface area contributed by atoms with Gasteiger partial charge < -0.3 is 4.90 Å². The van der Waals surface area contributed by atoms with Crippen LogP contribution in [-0.4, -0.2) is 42.3 Å². The van der Waals surface area contributed by atoms with Gasteiger partial charge in [0.05, 0.1) is 28.3 Å². The SMILES string of the molecule is CCC(CC)C(=O)N=C1S[C@H]2CS(=O)(=O)C[C@@H]2N1c1ccccc1Cl. The topological polar surface area (TPSA) is 66.8 Å². The lowest BCUT2D eigenvalue weighted by molar-refractivity contribution is -0.121. The molecule has 2 saturated heterocycles. The summed E-state index contributed by atoms with van der Waals surface area (Å²) in [6.45, 7) is 3.95. The van der Waals surface area contributed by atoms with Crippen LogP contribution in [0.3, 0.4) is 0 Å². The quantitative estimate of drug-likeness (QED) is 0.775. The second kappa shape index (κ2) is 7.29. The highest BCUT2D eigenvalue weighted by molar-refractivity contribution is 8.16. The van der Waals surface area contributed by atoms with Gasteiger partial charge in [-0.25, -0.2) is 8.42 Å². The van der Waals surface area contributed by atoms with Crippen LogP contribution in [0.15, 0.2) is 29.3 Å². The van der Waals surface area contributed by atoms with Gasteiger partial charge in [-0.2, -0.15) is 4.99 Å². The van der Waals surface area contributed by atoms with E-state index in [9.17, 15) is 13.2 Å². The molecule has 0 aromatic heterocycles. The molecule has 5 nitrogen and oxygen atoms in total. The number of rotatable bonds is 4. The number of aliphatic imine (C=N–C) groups is 1. The Morgan fingerprint density at radius 3 is 2.64 bits per heavy atom. The Bertz CT molecular complexity index is 806. The fraction of sp³-hybridized carbons (Fsp3) is 0.529. The van der Waals surface area contributed by atoms with Crippen LogP contribution in [0.2, 0.25) is 5.02 Å². The molecule has 8 heteroatoms. The minimum atomic E-state index is -3.08. The summed E-state index contributed by atoms with van der Waals surface area (Å²) >= 11 is 7.72. The van der Waals surface area contributed by atoms with Crippen LogP contribution in [0, 0.1) is 5.92 Å². The molecule has 2 aliphatic heterocycles. The van der Waals surface area contributed by atoms with E-state index in [1.807, 2.05) is 36.9 Å². The van der Waals surface area contributed by atoms with Crippen molar-refractivity contribution in [1.29, 1.82) is 0 Å². The van der Waals surface area contributed by atoms with Crippen LogP contribution in [0.25, 0.3) is 0 Å². The first-order chi connectivity index (χ1) is 11.9. The van der Waals surface area contributed by atoms with Gasteiger partial charge in [0.2, 0.25) is 0 Å². The molecule has 2 aliphatic rings. The minimum absolute atomic E-state index is 0.0636. The minimum Gasteiger partial charge on any atom is -0.314 e. The lowest BCUT2D eigenvalue weighted by Gasteiger charge is -2.25. The van der Waals surface area contributed by atoms with E-state index in [1.54, 1.807) is 6.07 Å². The number of nitrogens with zero attached hydrogens (tertiary/aromatic N) is 2. The van der Waals surface area contributed by atoms with E-state index in [2.05, 4.69) is 4.99 Å². The van der Waals surface area contributed by atoms with Gasteiger partial charge in [-0.1, -0.05) is 49.3 Å². The van der Waals surface area contributed by atoms with E-state index in [4.69, 9.17) is 11.6 Å². The molecular formula is C17H21ClN2O3S2. The molecule has 1 amide bonds. The van der Waals surface area contributed by atoms with Crippen LogP contribution in [0.5, 0.6) is 0 Å². The van der Waals surface area contributed by atoms with Crippen molar-refractivity contribution < 1.29 is 13.2 Å². The summed E-state index contributed by atoms with van der Waals surface area (Å²) in [7, 11) is -3.08. The van der Waals surface area contributed by atoms with E-state index < -0.39 is 9.84 Å². The van der Waals surface area contributed by atoms with Crippen LogP contribution in [0.4, 0.5) is 5.69 Å². The average Bonchev–Trinajstić information content (AvgIpc) is 3.00. The molecule has 0 saturated carbocycles. The number of anilines is 1. The van der Waals surface area contributed by atoms with Crippen LogP contribution >= 0.6 is 23.4 Å². The Balaban J connectivity index is 2.01. The van der Waals surface area contributed by atoms with E-state index in [0.717, 1.165) is 12.8 Å². The van der Waals surface area contributed by atoms with Gasteiger partial charge in [0.25, 0.3) is 5.91 Å². The Labute approximate surface area is 157 Å². The highest BCUT2D eigenvalue weighted by Crippen LogP contribution is 2.43. The number of amides is 1. The van der Waals surface area contributed by atoms with E-state index >= 15 is 0 Å². The summed E-state index contributed by atoms with van der Waals surface area (Å²) in [4.78, 5) is 18.7. The first-order valence-corrected chi connectivity index (χ1v) is 11.5. The lowest BCUT2D eigenvalue weighted by atomic mass is 10.0. The van der Waals surface area contributed by atoms with E-state index in [0.29, 0.717) is 15.9 Å². The molecule has 3 rings (SSSR count). The van der Waals surface area contributed by atoms with Gasteiger partial charge in [-0.3, -0.25) is 4.79 Å². The number of benzene rings is 1. The average molecular weight is 401 g/mol. The first-order valence-electron chi connectivity index (χ1n) is 8.39. The van der Waals surface area contributed by atoms with Gasteiger partial charge in [0, 0.05) is 11.2 Å². The maximum absolute atomic E-state index is 12.5. The molecule has 1 aromatic carbocycles. The largest absolute Gasteiger partial charge is 0.314 e. The van der Waals surface area contributed by atoms with Crippen molar-refractivity contribution in [3.8, 4) is 0 Å². The fourth-order valence-electron chi connectivity index (χ4n) is 3.32. The van der Waals surface area contributed by atoms with Gasteiger partial charge in [0.15, 0.2) is 15.0 Å². The molecule has 2 heterocycles. The fourth-order valence-corrected chi connectivity index (χ4v) is 7.46. The van der Waals surface area contributed by atoms with Crippen LogP contribution < -0.4 is 4.90 Å². The molecule has 0 N–H and O–H groups in total. The summed E-state index contributed by atoms with van der Waals surface area (Å²) in [6.07, 6.45) is 1.48. The number of hydrogen-bond acceptors (Lipinski definition) is 4. The Kier molecular flexibility index (Phi) is 5.46. The number of carbonyl (C=O) groups is 1. The van der Waals surface area contributed by atoms with E-state index in [-0.39, 0.29) is 34.6 Å². The van der Waals surface area contributed by atoms with Crippen molar-refractivity contribution >= 4 is 50.0 Å². The summed E-state index contributed by atoms with van der Waals surface area (Å²) in [5.74, 6) is -0.0759. The van der Waals surface area contributed by atoms with Gasteiger partial charge in [-0.05, 0) is 25.0 Å². The predicted octanol–water partition coefficient (Wildman–Crippen LogP) is 3.38. The van der Waals surface area contributed by atoms with Crippen LogP contribution in [-0.2, 0) is 14.6 Å². The molecule has 0 bridgehead atoms. The van der Waals surface area contributed by atoms with Crippen molar-refractivity contribution in [2.45, 2.75) is 38.0 Å². The van der Waals surface area contributed by atoms with Gasteiger partial charge >= 0.3 is 0 Å². The monoisotopic (exact) mass is 400 g/mol. The standard InChI is InChI=1S/C17H21ClN2O3S2/c1-3-11(4-2)16(21)19-17-20(13-8-6-5-7-12(13)18)14-9-25(22,23)10-15(14)24-17/h5-8,11,14-15H,3-4,9-10H2,1-2H3/t14-,15-/m0/s1. The van der Waals surface area contributed by atoms with Crippen molar-refractivity contribution in [3.05, 3.63) is 29.3 Å². The molecule has 0 radical (unpaired) electrons. The molecule has 0 unspecified atom stereocenters. The van der Waals surface area contributed by atoms with Crippen molar-refractivity contribution in [2.75, 3.05) is 16.4 Å². The molecule has 0 spiro atoms. The highest BCUT2D eigenvalue weighted by atomic mass is 35.5. The Morgan fingerprint density at radius 2 is 2.00 bits per heavy atom. The number of amidine groups is 1. The summed E-state index contributed by atoms with van der Waals surface area (Å²) in [5.41, 5.74) is 0.706. The molecule has 2 fully saturated rings. The molecular weight excluding hydrogens is 380 g/mol. The predicted molar refractivity (Wildman–Crippen MR) is 104 cm³/mol. The second-order valence-corrected chi connectivity index (χ2v) is 10.1. The third-order valence-electron chi connectivity index (χ3n) is 4.72. The lowest BCUT2D eigenvalue weighted by Crippen LogP contribution is -2.38. The zero-order valence-corrected chi connectivity index (χ0v) is 16.6. The highest BCUT2D eigenvalue weighted by Gasteiger charge is 2.49. The summed E-state index contributed by atoms with van der Waals surface area (Å²) in [6, 6.07) is 7.04. The molecule has 136 valence electrons. The second-order valence-electron chi connectivity index (χ2n) is 6.37. The number of para-hydroxylation sites is 1. The molecule has 25 heavy (non-hydrogen) atoms. The number of thioether (sulfide) groups is 1. The summed E-state index contributed by atoms with van der Waals surface area (Å²) < 4.78 is 24.1. The van der Waals surface area contributed by atoms with E-state index in [1.165, 1.54) is 11.8 Å². The normalized spacial score (nSPS) is 26.4. The maximum Gasteiger partial charge on any atom is 0.251 e. The Morgan fingerprint density at radius 1 is 1.32 bits per heavy atom. The van der Waals surface area contributed by atoms with Gasteiger partial charge in [0.1, 0.15) is 0 Å². The smallest absolute Gasteiger partial charge is 0.251 e. The molecule has 2 atom stereocenters. The first kappa shape index (κ1) is 18.7. The number of halogens is 1. The van der Waals surface area contributed by atoms with Crippen molar-refractivity contribution in [3.63, 3.8) is 0 Å². The zero-order chi connectivity index (χ0) is 18.2. The molecule has 0 aliphatic carbocycles. The number of sulfone groups is 1. The number of fused-ring (bicyclic) bond motifs is 1.